The first-order chi connectivity index (χ1) is 12.9. The van der Waals surface area contributed by atoms with E-state index >= 15 is 0 Å². The molecule has 1 saturated heterocycles. The molecule has 3 aliphatic rings. The Morgan fingerprint density at radius 1 is 1.11 bits per heavy atom. The average molecular weight is 392 g/mol. The van der Waals surface area contributed by atoms with Gasteiger partial charge in [-0.3, -0.25) is 9.59 Å². The van der Waals surface area contributed by atoms with Gasteiger partial charge in [0.2, 0.25) is 15.9 Å². The van der Waals surface area contributed by atoms with Crippen LogP contribution < -0.4 is 4.90 Å². The van der Waals surface area contributed by atoms with Crippen LogP contribution in [0.1, 0.15) is 37.3 Å². The molecule has 1 aromatic rings. The normalized spacial score (nSPS) is 20.6. The number of aryl methyl sites for hydroxylation is 1. The van der Waals surface area contributed by atoms with Gasteiger partial charge in [-0.05, 0) is 55.9 Å². The largest absolute Gasteiger partial charge is 0.466 e. The fourth-order valence-corrected chi connectivity index (χ4v) is 5.89. The lowest BCUT2D eigenvalue weighted by Crippen LogP contribution is -2.40. The van der Waals surface area contributed by atoms with Crippen LogP contribution in [0.15, 0.2) is 17.0 Å². The lowest BCUT2D eigenvalue weighted by Gasteiger charge is -2.31. The molecular formula is C19H24N2O5S. The van der Waals surface area contributed by atoms with Crippen LogP contribution in [0.5, 0.6) is 0 Å². The number of hydrogen-bond donors (Lipinski definition) is 0. The van der Waals surface area contributed by atoms with Gasteiger partial charge in [0.25, 0.3) is 0 Å². The van der Waals surface area contributed by atoms with Crippen LogP contribution in [0.3, 0.4) is 0 Å². The van der Waals surface area contributed by atoms with E-state index in [0.717, 1.165) is 16.8 Å². The number of sulfonamides is 1. The lowest BCUT2D eigenvalue weighted by molar-refractivity contribution is -0.149. The molecule has 0 N–H and O–H groups in total. The van der Waals surface area contributed by atoms with Crippen LogP contribution in [0.25, 0.3) is 0 Å². The summed E-state index contributed by atoms with van der Waals surface area (Å²) in [6, 6.07) is 3.46. The quantitative estimate of drug-likeness (QED) is 0.725. The minimum absolute atomic E-state index is 0.123. The molecule has 0 saturated carbocycles. The standard InChI is InChI=1S/C19H24N2O5S/c1-2-26-19(23)13-5-8-20(9-6-13)27(24,25)16-11-14-3-4-17(22)21-10-7-15(12-16)18(14)21/h11-13H,2-10H2,1H3. The van der Waals surface area contributed by atoms with Crippen molar-refractivity contribution in [1.29, 1.82) is 0 Å². The van der Waals surface area contributed by atoms with Gasteiger partial charge in [0.15, 0.2) is 0 Å². The topological polar surface area (TPSA) is 84.0 Å². The number of nitrogens with zero attached hydrogens (tertiary/aromatic N) is 2. The van der Waals surface area contributed by atoms with Crippen molar-refractivity contribution in [1.82, 2.24) is 4.31 Å². The molecule has 3 heterocycles. The van der Waals surface area contributed by atoms with E-state index in [1.807, 2.05) is 0 Å². The van der Waals surface area contributed by atoms with Gasteiger partial charge >= 0.3 is 5.97 Å². The maximum Gasteiger partial charge on any atom is 0.309 e. The number of rotatable bonds is 4. The lowest BCUT2D eigenvalue weighted by atomic mass is 9.98. The Balaban J connectivity index is 1.56. The summed E-state index contributed by atoms with van der Waals surface area (Å²) in [7, 11) is -3.61. The highest BCUT2D eigenvalue weighted by Crippen LogP contribution is 2.39. The van der Waals surface area contributed by atoms with E-state index < -0.39 is 10.0 Å². The molecule has 0 aromatic heterocycles. The Morgan fingerprint density at radius 2 is 1.78 bits per heavy atom. The van der Waals surface area contributed by atoms with Gasteiger partial charge in [0.1, 0.15) is 0 Å². The van der Waals surface area contributed by atoms with Crippen molar-refractivity contribution in [3.05, 3.63) is 23.3 Å². The Hall–Kier alpha value is -1.93. The molecule has 0 radical (unpaired) electrons. The molecule has 0 unspecified atom stereocenters. The number of carbonyl (C=O) groups excluding carboxylic acids is 2. The van der Waals surface area contributed by atoms with E-state index in [2.05, 4.69) is 0 Å². The number of ether oxygens (including phenoxy) is 1. The van der Waals surface area contributed by atoms with Crippen molar-refractivity contribution >= 4 is 27.6 Å². The second-order valence-corrected chi connectivity index (χ2v) is 9.25. The molecule has 3 aliphatic heterocycles. The second-order valence-electron chi connectivity index (χ2n) is 7.32. The van der Waals surface area contributed by atoms with Crippen LogP contribution in [0, 0.1) is 5.92 Å². The average Bonchev–Trinajstić information content (AvgIpc) is 3.10. The Kier molecular flexibility index (Phi) is 4.71. The molecular weight excluding hydrogens is 368 g/mol. The third-order valence-electron chi connectivity index (χ3n) is 5.74. The predicted molar refractivity (Wildman–Crippen MR) is 98.9 cm³/mol. The number of amides is 1. The predicted octanol–water partition coefficient (Wildman–Crippen LogP) is 1.49. The minimum atomic E-state index is -3.61. The zero-order chi connectivity index (χ0) is 19.2. The van der Waals surface area contributed by atoms with Crippen LogP contribution in [-0.4, -0.2) is 50.8 Å². The van der Waals surface area contributed by atoms with Gasteiger partial charge in [-0.15, -0.1) is 0 Å². The third kappa shape index (κ3) is 3.14. The fourth-order valence-electron chi connectivity index (χ4n) is 4.32. The molecule has 1 aromatic carbocycles. The van der Waals surface area contributed by atoms with Crippen molar-refractivity contribution in [2.45, 2.75) is 43.9 Å². The molecule has 0 aliphatic carbocycles. The second kappa shape index (κ2) is 6.91. The monoisotopic (exact) mass is 392 g/mol. The summed E-state index contributed by atoms with van der Waals surface area (Å²) in [5, 5.41) is 0. The van der Waals surface area contributed by atoms with E-state index in [4.69, 9.17) is 4.74 Å². The summed E-state index contributed by atoms with van der Waals surface area (Å²) in [5.74, 6) is -0.337. The highest BCUT2D eigenvalue weighted by atomic mass is 32.2. The Labute approximate surface area is 159 Å². The maximum absolute atomic E-state index is 13.2. The molecule has 7 nitrogen and oxygen atoms in total. The number of anilines is 1. The van der Waals surface area contributed by atoms with Crippen LogP contribution in [0.2, 0.25) is 0 Å². The molecule has 146 valence electrons. The van der Waals surface area contributed by atoms with Crippen molar-refractivity contribution < 1.29 is 22.7 Å². The van der Waals surface area contributed by atoms with Gasteiger partial charge in [0, 0.05) is 26.1 Å². The summed E-state index contributed by atoms with van der Waals surface area (Å²) in [4.78, 5) is 26.0. The first-order valence-electron chi connectivity index (χ1n) is 9.54. The zero-order valence-electron chi connectivity index (χ0n) is 15.4. The minimum Gasteiger partial charge on any atom is -0.466 e. The summed E-state index contributed by atoms with van der Waals surface area (Å²) in [6.45, 7) is 3.39. The van der Waals surface area contributed by atoms with Gasteiger partial charge < -0.3 is 9.64 Å². The number of carbonyl (C=O) groups is 2. The molecule has 0 atom stereocenters. The molecule has 8 heteroatoms. The van der Waals surface area contributed by atoms with Crippen molar-refractivity contribution in [2.24, 2.45) is 5.92 Å². The van der Waals surface area contributed by atoms with E-state index in [1.165, 1.54) is 4.31 Å². The summed E-state index contributed by atoms with van der Waals surface area (Å²) < 4.78 is 32.8. The van der Waals surface area contributed by atoms with Gasteiger partial charge in [-0.2, -0.15) is 4.31 Å². The third-order valence-corrected chi connectivity index (χ3v) is 7.61. The van der Waals surface area contributed by atoms with Crippen LogP contribution in [0.4, 0.5) is 5.69 Å². The summed E-state index contributed by atoms with van der Waals surface area (Å²) in [6.07, 6.45) is 2.69. The smallest absolute Gasteiger partial charge is 0.309 e. The Bertz CT molecular complexity index is 888. The number of hydrogen-bond acceptors (Lipinski definition) is 5. The van der Waals surface area contributed by atoms with Crippen LogP contribution in [-0.2, 0) is 37.2 Å². The van der Waals surface area contributed by atoms with Crippen molar-refractivity contribution in [3.63, 3.8) is 0 Å². The highest BCUT2D eigenvalue weighted by molar-refractivity contribution is 7.89. The SMILES string of the molecule is CCOC(=O)C1CCN(S(=O)(=O)c2cc3c4c(c2)CCN4C(=O)CC3)CC1. The number of benzene rings is 1. The molecule has 0 bridgehead atoms. The summed E-state index contributed by atoms with van der Waals surface area (Å²) in [5.41, 5.74) is 2.82. The number of piperidine rings is 1. The number of esters is 1. The maximum atomic E-state index is 13.2. The van der Waals surface area contributed by atoms with Gasteiger partial charge in [0.05, 0.1) is 23.1 Å². The van der Waals surface area contributed by atoms with E-state index in [-0.39, 0.29) is 17.8 Å². The zero-order valence-corrected chi connectivity index (χ0v) is 16.3. The van der Waals surface area contributed by atoms with E-state index in [9.17, 15) is 18.0 Å². The van der Waals surface area contributed by atoms with Crippen molar-refractivity contribution in [2.75, 3.05) is 31.1 Å². The molecule has 1 amide bonds. The summed E-state index contributed by atoms with van der Waals surface area (Å²) >= 11 is 0. The Morgan fingerprint density at radius 3 is 2.44 bits per heavy atom. The molecule has 1 fully saturated rings. The van der Waals surface area contributed by atoms with Gasteiger partial charge in [-0.25, -0.2) is 8.42 Å². The van der Waals surface area contributed by atoms with Crippen molar-refractivity contribution in [3.8, 4) is 0 Å². The van der Waals surface area contributed by atoms with E-state index in [1.54, 1.807) is 24.0 Å². The fraction of sp³-hybridized carbons (Fsp3) is 0.579. The highest BCUT2D eigenvalue weighted by Gasteiger charge is 2.36. The van der Waals surface area contributed by atoms with Crippen LogP contribution >= 0.6 is 0 Å². The molecule has 0 spiro atoms. The first-order valence-corrected chi connectivity index (χ1v) is 11.0. The van der Waals surface area contributed by atoms with Gasteiger partial charge in [-0.1, -0.05) is 0 Å². The first kappa shape index (κ1) is 18.4. The molecule has 4 rings (SSSR count). The van der Waals surface area contributed by atoms with E-state index in [0.29, 0.717) is 63.2 Å². The molecule has 27 heavy (non-hydrogen) atoms.